The predicted molar refractivity (Wildman–Crippen MR) is 90.5 cm³/mol. The molecule has 0 bridgehead atoms. The zero-order valence-electron chi connectivity index (χ0n) is 12.7. The van der Waals surface area contributed by atoms with Crippen LogP contribution in [0.25, 0.3) is 22.5 Å². The van der Waals surface area contributed by atoms with Gasteiger partial charge in [0.05, 0.1) is 11.4 Å². The number of rotatable bonds is 4. The summed E-state index contributed by atoms with van der Waals surface area (Å²) in [4.78, 5) is 10.7. The van der Waals surface area contributed by atoms with E-state index in [1.165, 1.54) is 5.56 Å². The van der Waals surface area contributed by atoms with Gasteiger partial charge in [0, 0.05) is 11.3 Å². The molecule has 3 aromatic rings. The van der Waals surface area contributed by atoms with Crippen molar-refractivity contribution in [1.29, 1.82) is 0 Å². The Hall–Kier alpha value is -3.08. The second kappa shape index (κ2) is 6.36. The van der Waals surface area contributed by atoms with Crippen molar-refractivity contribution in [2.75, 3.05) is 5.32 Å². The molecule has 0 saturated heterocycles. The van der Waals surface area contributed by atoms with Crippen LogP contribution in [0.5, 0.6) is 0 Å². The number of benzene rings is 2. The minimum atomic E-state index is -1.08. The molecule has 0 aliphatic rings. The van der Waals surface area contributed by atoms with Gasteiger partial charge >= 0.3 is 6.09 Å². The number of nitrogens with zero attached hydrogens (tertiary/aromatic N) is 1. The minimum Gasteiger partial charge on any atom is -0.465 e. The molecule has 1 amide bonds. The van der Waals surface area contributed by atoms with Crippen LogP contribution in [0.15, 0.2) is 54.6 Å². The number of hydrogen-bond acceptors (Lipinski definition) is 2. The van der Waals surface area contributed by atoms with Crippen LogP contribution in [0.2, 0.25) is 0 Å². The third-order valence-electron chi connectivity index (χ3n) is 3.66. The van der Waals surface area contributed by atoms with E-state index in [2.05, 4.69) is 46.7 Å². The van der Waals surface area contributed by atoms with Gasteiger partial charge in [0.1, 0.15) is 0 Å². The molecule has 0 fully saturated rings. The number of H-pyrrole nitrogens is 1. The highest BCUT2D eigenvalue weighted by Crippen LogP contribution is 2.25. The van der Waals surface area contributed by atoms with Crippen LogP contribution in [0, 0.1) is 0 Å². The highest BCUT2D eigenvalue weighted by molar-refractivity contribution is 5.84. The molecule has 5 nitrogen and oxygen atoms in total. The van der Waals surface area contributed by atoms with Crippen molar-refractivity contribution in [3.63, 3.8) is 0 Å². The largest absolute Gasteiger partial charge is 0.465 e. The lowest BCUT2D eigenvalue weighted by atomic mass is 10.1. The van der Waals surface area contributed by atoms with Crippen LogP contribution < -0.4 is 5.32 Å². The Balaban J connectivity index is 1.87. The van der Waals surface area contributed by atoms with Crippen molar-refractivity contribution in [3.05, 3.63) is 60.2 Å². The van der Waals surface area contributed by atoms with Gasteiger partial charge in [0.2, 0.25) is 0 Å². The number of hydrogen-bond donors (Lipinski definition) is 3. The smallest absolute Gasteiger partial charge is 0.409 e. The van der Waals surface area contributed by atoms with Gasteiger partial charge in [-0.3, -0.25) is 10.4 Å². The average molecular weight is 307 g/mol. The fourth-order valence-corrected chi connectivity index (χ4v) is 2.42. The first kappa shape index (κ1) is 14.8. The van der Waals surface area contributed by atoms with Gasteiger partial charge in [-0.1, -0.05) is 43.3 Å². The summed E-state index contributed by atoms with van der Waals surface area (Å²) in [5.74, 6) is 0. The maximum absolute atomic E-state index is 10.7. The van der Waals surface area contributed by atoms with Crippen LogP contribution in [-0.2, 0) is 6.42 Å². The van der Waals surface area contributed by atoms with E-state index in [1.807, 2.05) is 12.1 Å². The monoisotopic (exact) mass is 307 g/mol. The zero-order chi connectivity index (χ0) is 16.2. The standard InChI is InChI=1S/C18H17N3O2/c1-2-12-6-8-13(9-7-12)16-11-17(21-20-16)14-4-3-5-15(10-14)19-18(22)23/h3-11,19H,2H2,1H3,(H,20,21)(H,22,23). The van der Waals surface area contributed by atoms with E-state index in [-0.39, 0.29) is 0 Å². The van der Waals surface area contributed by atoms with Gasteiger partial charge in [-0.25, -0.2) is 4.79 Å². The lowest BCUT2D eigenvalue weighted by Crippen LogP contribution is -2.06. The molecule has 0 aliphatic heterocycles. The second-order valence-electron chi connectivity index (χ2n) is 5.23. The summed E-state index contributed by atoms with van der Waals surface area (Å²) in [6, 6.07) is 17.5. The Labute approximate surface area is 134 Å². The summed E-state index contributed by atoms with van der Waals surface area (Å²) in [6.45, 7) is 2.13. The summed E-state index contributed by atoms with van der Waals surface area (Å²) in [6.07, 6.45) is -0.0707. The summed E-state index contributed by atoms with van der Waals surface area (Å²) in [5, 5.41) is 18.5. The SMILES string of the molecule is CCc1ccc(-c2cc(-c3cccc(NC(=O)O)c3)n[nH]2)cc1. The van der Waals surface area contributed by atoms with E-state index >= 15 is 0 Å². The van der Waals surface area contributed by atoms with E-state index in [0.717, 1.165) is 28.9 Å². The van der Waals surface area contributed by atoms with Gasteiger partial charge < -0.3 is 5.11 Å². The topological polar surface area (TPSA) is 78.0 Å². The number of anilines is 1. The summed E-state index contributed by atoms with van der Waals surface area (Å²) in [7, 11) is 0. The van der Waals surface area contributed by atoms with E-state index in [9.17, 15) is 4.79 Å². The molecule has 5 heteroatoms. The maximum atomic E-state index is 10.7. The molecule has 116 valence electrons. The lowest BCUT2D eigenvalue weighted by Gasteiger charge is -2.02. The van der Waals surface area contributed by atoms with Gasteiger partial charge in [-0.05, 0) is 35.7 Å². The molecule has 0 spiro atoms. The molecule has 23 heavy (non-hydrogen) atoms. The first-order chi connectivity index (χ1) is 11.2. The Bertz CT molecular complexity index is 822. The zero-order valence-corrected chi connectivity index (χ0v) is 12.7. The summed E-state index contributed by atoms with van der Waals surface area (Å²) >= 11 is 0. The molecule has 1 heterocycles. The van der Waals surface area contributed by atoms with Crippen molar-refractivity contribution < 1.29 is 9.90 Å². The van der Waals surface area contributed by atoms with E-state index < -0.39 is 6.09 Å². The second-order valence-corrected chi connectivity index (χ2v) is 5.23. The number of amides is 1. The number of aryl methyl sites for hydroxylation is 1. The number of nitrogens with one attached hydrogen (secondary N) is 2. The summed E-state index contributed by atoms with van der Waals surface area (Å²) in [5.41, 5.74) is 5.44. The molecule has 0 aliphatic carbocycles. The molecule has 3 rings (SSSR count). The Morgan fingerprint density at radius 3 is 2.61 bits per heavy atom. The van der Waals surface area contributed by atoms with E-state index in [4.69, 9.17) is 5.11 Å². The van der Waals surface area contributed by atoms with Crippen molar-refractivity contribution in [3.8, 4) is 22.5 Å². The van der Waals surface area contributed by atoms with Gasteiger partial charge in [0.15, 0.2) is 0 Å². The van der Waals surface area contributed by atoms with Gasteiger partial charge in [-0.2, -0.15) is 5.10 Å². The van der Waals surface area contributed by atoms with Gasteiger partial charge in [-0.15, -0.1) is 0 Å². The number of carboxylic acid groups (broad SMARTS) is 1. The first-order valence-corrected chi connectivity index (χ1v) is 7.41. The minimum absolute atomic E-state index is 0.520. The quantitative estimate of drug-likeness (QED) is 0.668. The van der Waals surface area contributed by atoms with Crippen molar-refractivity contribution in [2.45, 2.75) is 13.3 Å². The molecule has 1 aromatic heterocycles. The summed E-state index contributed by atoms with van der Waals surface area (Å²) < 4.78 is 0. The van der Waals surface area contributed by atoms with Crippen molar-refractivity contribution in [2.24, 2.45) is 0 Å². The third-order valence-corrected chi connectivity index (χ3v) is 3.66. The fourth-order valence-electron chi connectivity index (χ4n) is 2.42. The van der Waals surface area contributed by atoms with Crippen LogP contribution in [0.3, 0.4) is 0 Å². The highest BCUT2D eigenvalue weighted by Gasteiger charge is 2.07. The molecule has 0 unspecified atom stereocenters. The lowest BCUT2D eigenvalue weighted by molar-refractivity contribution is 0.210. The van der Waals surface area contributed by atoms with Gasteiger partial charge in [0.25, 0.3) is 0 Å². The predicted octanol–water partition coefficient (Wildman–Crippen LogP) is 4.40. The molecule has 2 aromatic carbocycles. The average Bonchev–Trinajstić information content (AvgIpc) is 3.04. The molecule has 0 saturated carbocycles. The Kier molecular flexibility index (Phi) is 4.10. The molecular weight excluding hydrogens is 290 g/mol. The first-order valence-electron chi connectivity index (χ1n) is 7.41. The number of carbonyl (C=O) groups is 1. The molecular formula is C18H17N3O2. The van der Waals surface area contributed by atoms with Crippen LogP contribution in [0.1, 0.15) is 12.5 Å². The van der Waals surface area contributed by atoms with E-state index in [1.54, 1.807) is 18.2 Å². The highest BCUT2D eigenvalue weighted by atomic mass is 16.4. The molecule has 3 N–H and O–H groups in total. The molecule has 0 atom stereocenters. The van der Waals surface area contributed by atoms with Crippen LogP contribution in [0.4, 0.5) is 10.5 Å². The van der Waals surface area contributed by atoms with Crippen molar-refractivity contribution in [1.82, 2.24) is 10.2 Å². The Morgan fingerprint density at radius 2 is 1.91 bits per heavy atom. The number of aromatic nitrogens is 2. The molecule has 0 radical (unpaired) electrons. The van der Waals surface area contributed by atoms with Crippen molar-refractivity contribution >= 4 is 11.8 Å². The normalized spacial score (nSPS) is 10.5. The maximum Gasteiger partial charge on any atom is 0.409 e. The van der Waals surface area contributed by atoms with Crippen LogP contribution >= 0.6 is 0 Å². The fraction of sp³-hybridized carbons (Fsp3) is 0.111. The Morgan fingerprint density at radius 1 is 1.13 bits per heavy atom. The van der Waals surface area contributed by atoms with Crippen LogP contribution in [-0.4, -0.2) is 21.4 Å². The van der Waals surface area contributed by atoms with E-state index in [0.29, 0.717) is 5.69 Å². The number of aromatic amines is 1. The third kappa shape index (κ3) is 3.40.